The molecule has 0 spiro atoms. The van der Waals surface area contributed by atoms with Crippen molar-refractivity contribution in [1.82, 2.24) is 9.78 Å². The quantitative estimate of drug-likeness (QED) is 0.426. The summed E-state index contributed by atoms with van der Waals surface area (Å²) in [6.07, 6.45) is 3.61. The highest BCUT2D eigenvalue weighted by Gasteiger charge is 2.10. The van der Waals surface area contributed by atoms with E-state index in [9.17, 15) is 9.59 Å². The number of carbonyl (C=O) groups excluding carboxylic acids is 2. The number of benzene rings is 3. The molecule has 3 aromatic carbocycles. The number of nitrogens with zero attached hydrogens (tertiary/aromatic N) is 3. The van der Waals surface area contributed by atoms with Crippen molar-refractivity contribution in [2.75, 3.05) is 29.6 Å². The van der Waals surface area contributed by atoms with Gasteiger partial charge in [-0.25, -0.2) is 4.68 Å². The molecule has 0 aliphatic rings. The number of carbonyl (C=O) groups is 2. The molecule has 0 aliphatic heterocycles. The van der Waals surface area contributed by atoms with Crippen molar-refractivity contribution in [3.8, 4) is 5.69 Å². The molecule has 0 saturated heterocycles. The van der Waals surface area contributed by atoms with Crippen molar-refractivity contribution >= 4 is 28.9 Å². The van der Waals surface area contributed by atoms with Gasteiger partial charge in [0, 0.05) is 31.0 Å². The van der Waals surface area contributed by atoms with E-state index in [2.05, 4.69) is 15.7 Å². The fraction of sp³-hybridized carbons (Fsp3) is 0.148. The molecule has 0 fully saturated rings. The predicted octanol–water partition coefficient (Wildman–Crippen LogP) is 4.68. The number of amides is 2. The summed E-state index contributed by atoms with van der Waals surface area (Å²) in [6.45, 7) is 2.00. The van der Waals surface area contributed by atoms with Crippen LogP contribution in [0.15, 0.2) is 85.2 Å². The summed E-state index contributed by atoms with van der Waals surface area (Å²) in [5, 5.41) is 10.1. The number of rotatable bonds is 7. The van der Waals surface area contributed by atoms with Gasteiger partial charge < -0.3 is 15.5 Å². The highest BCUT2D eigenvalue weighted by Crippen LogP contribution is 2.18. The van der Waals surface area contributed by atoms with Gasteiger partial charge in [-0.2, -0.15) is 5.10 Å². The molecule has 4 rings (SSSR count). The first-order valence-corrected chi connectivity index (χ1v) is 11.0. The molecule has 0 bridgehead atoms. The molecular weight excluding hydrogens is 426 g/mol. The average Bonchev–Trinajstić information content (AvgIpc) is 3.28. The number of nitrogens with one attached hydrogen (secondary N) is 2. The zero-order valence-electron chi connectivity index (χ0n) is 19.4. The summed E-state index contributed by atoms with van der Waals surface area (Å²) in [5.74, 6) is -0.322. The fourth-order valence-electron chi connectivity index (χ4n) is 3.58. The molecule has 0 aliphatic carbocycles. The van der Waals surface area contributed by atoms with Crippen LogP contribution in [0, 0.1) is 6.92 Å². The highest BCUT2D eigenvalue weighted by atomic mass is 16.2. The summed E-state index contributed by atoms with van der Waals surface area (Å²) in [5.41, 5.74) is 5.67. The smallest absolute Gasteiger partial charge is 0.255 e. The van der Waals surface area contributed by atoms with Gasteiger partial charge in [0.15, 0.2) is 0 Å². The van der Waals surface area contributed by atoms with Crippen molar-refractivity contribution in [1.29, 1.82) is 0 Å². The Morgan fingerprint density at radius 1 is 0.912 bits per heavy atom. The van der Waals surface area contributed by atoms with Crippen LogP contribution in [0.3, 0.4) is 0 Å². The zero-order chi connectivity index (χ0) is 24.1. The normalized spacial score (nSPS) is 10.6. The third-order valence-corrected chi connectivity index (χ3v) is 5.33. The molecule has 7 nitrogen and oxygen atoms in total. The van der Waals surface area contributed by atoms with E-state index in [-0.39, 0.29) is 18.2 Å². The maximum absolute atomic E-state index is 12.8. The number of anilines is 3. The van der Waals surface area contributed by atoms with Gasteiger partial charge >= 0.3 is 0 Å². The van der Waals surface area contributed by atoms with Crippen LogP contribution in [-0.2, 0) is 11.2 Å². The monoisotopic (exact) mass is 453 g/mol. The molecule has 1 aromatic heterocycles. The van der Waals surface area contributed by atoms with Gasteiger partial charge in [0.1, 0.15) is 0 Å². The Morgan fingerprint density at radius 3 is 2.41 bits per heavy atom. The fourth-order valence-corrected chi connectivity index (χ4v) is 3.58. The Balaban J connectivity index is 1.41. The van der Waals surface area contributed by atoms with Crippen molar-refractivity contribution in [2.24, 2.45) is 0 Å². The van der Waals surface area contributed by atoms with Crippen molar-refractivity contribution in [2.45, 2.75) is 13.3 Å². The minimum atomic E-state index is -0.210. The summed E-state index contributed by atoms with van der Waals surface area (Å²) in [7, 11) is 3.94. The van der Waals surface area contributed by atoms with Crippen LogP contribution in [0.5, 0.6) is 0 Å². The third kappa shape index (κ3) is 5.69. The molecule has 2 amide bonds. The second kappa shape index (κ2) is 10.0. The summed E-state index contributed by atoms with van der Waals surface area (Å²) in [4.78, 5) is 27.2. The predicted molar refractivity (Wildman–Crippen MR) is 136 cm³/mol. The summed E-state index contributed by atoms with van der Waals surface area (Å²) >= 11 is 0. The van der Waals surface area contributed by atoms with Crippen molar-refractivity contribution < 1.29 is 9.59 Å². The van der Waals surface area contributed by atoms with E-state index in [1.165, 1.54) is 0 Å². The minimum Gasteiger partial charge on any atom is -0.378 e. The van der Waals surface area contributed by atoms with Crippen LogP contribution in [-0.4, -0.2) is 35.7 Å². The standard InChI is InChI=1S/C27H27N5O2/c1-19-6-4-7-20(14-19)15-26(33)29-23-17-28-32(18-23)25-9-5-8-21(16-25)27(34)30-22-10-12-24(13-11-22)31(2)3/h4-14,16-18H,15H2,1-3H3,(H,29,33)(H,30,34). The molecule has 172 valence electrons. The van der Waals surface area contributed by atoms with Crippen LogP contribution >= 0.6 is 0 Å². The van der Waals surface area contributed by atoms with Gasteiger partial charge in [-0.1, -0.05) is 35.9 Å². The molecule has 7 heteroatoms. The van der Waals surface area contributed by atoms with Crippen LogP contribution in [0.1, 0.15) is 21.5 Å². The number of aryl methyl sites for hydroxylation is 1. The van der Waals surface area contributed by atoms with Gasteiger partial charge in [-0.3, -0.25) is 9.59 Å². The Morgan fingerprint density at radius 2 is 1.68 bits per heavy atom. The third-order valence-electron chi connectivity index (χ3n) is 5.33. The van der Waals surface area contributed by atoms with Crippen molar-refractivity contribution in [3.05, 3.63) is 102 Å². The first-order valence-electron chi connectivity index (χ1n) is 11.0. The first kappa shape index (κ1) is 22.8. The van der Waals surface area contributed by atoms with Crippen LogP contribution in [0.2, 0.25) is 0 Å². The number of hydrogen-bond donors (Lipinski definition) is 2. The van der Waals surface area contributed by atoms with Crippen LogP contribution in [0.4, 0.5) is 17.1 Å². The lowest BCUT2D eigenvalue weighted by atomic mass is 10.1. The number of hydrogen-bond acceptors (Lipinski definition) is 4. The molecule has 0 atom stereocenters. The van der Waals surface area contributed by atoms with Gasteiger partial charge in [-0.15, -0.1) is 0 Å². The largest absolute Gasteiger partial charge is 0.378 e. The molecule has 2 N–H and O–H groups in total. The van der Waals surface area contributed by atoms with Crippen LogP contribution < -0.4 is 15.5 Å². The van der Waals surface area contributed by atoms with E-state index in [1.807, 2.05) is 80.5 Å². The SMILES string of the molecule is Cc1cccc(CC(=O)Nc2cnn(-c3cccc(C(=O)Nc4ccc(N(C)C)cc4)c3)c2)c1. The molecule has 0 radical (unpaired) electrons. The average molecular weight is 454 g/mol. The van der Waals surface area contributed by atoms with E-state index in [0.29, 0.717) is 11.3 Å². The number of aromatic nitrogens is 2. The summed E-state index contributed by atoms with van der Waals surface area (Å²) in [6, 6.07) is 22.7. The Bertz CT molecular complexity index is 1310. The second-order valence-electron chi connectivity index (χ2n) is 8.33. The van der Waals surface area contributed by atoms with Crippen LogP contribution in [0.25, 0.3) is 5.69 Å². The first-order chi connectivity index (χ1) is 16.4. The molecule has 34 heavy (non-hydrogen) atoms. The Labute approximate surface area is 199 Å². The topological polar surface area (TPSA) is 79.3 Å². The molecule has 0 saturated carbocycles. The Kier molecular flexibility index (Phi) is 6.73. The minimum absolute atomic E-state index is 0.112. The maximum atomic E-state index is 12.8. The zero-order valence-corrected chi connectivity index (χ0v) is 19.4. The van der Waals surface area contributed by atoms with E-state index in [4.69, 9.17) is 0 Å². The van der Waals surface area contributed by atoms with Gasteiger partial charge in [0.05, 0.1) is 30.2 Å². The molecule has 0 unspecified atom stereocenters. The lowest BCUT2D eigenvalue weighted by molar-refractivity contribution is -0.115. The maximum Gasteiger partial charge on any atom is 0.255 e. The summed E-state index contributed by atoms with van der Waals surface area (Å²) < 4.78 is 1.63. The van der Waals surface area contributed by atoms with Crippen molar-refractivity contribution in [3.63, 3.8) is 0 Å². The van der Waals surface area contributed by atoms with Gasteiger partial charge in [-0.05, 0) is 55.0 Å². The highest BCUT2D eigenvalue weighted by molar-refractivity contribution is 6.04. The van der Waals surface area contributed by atoms with Gasteiger partial charge in [0.2, 0.25) is 5.91 Å². The lowest BCUT2D eigenvalue weighted by Gasteiger charge is -2.13. The molecule has 4 aromatic rings. The van der Waals surface area contributed by atoms with E-state index in [0.717, 1.165) is 28.2 Å². The van der Waals surface area contributed by atoms with Gasteiger partial charge in [0.25, 0.3) is 5.91 Å². The van der Waals surface area contributed by atoms with E-state index in [1.54, 1.807) is 35.3 Å². The Hall–Kier alpha value is -4.39. The van der Waals surface area contributed by atoms with E-state index >= 15 is 0 Å². The molecular formula is C27H27N5O2. The van der Waals surface area contributed by atoms with E-state index < -0.39 is 0 Å². The second-order valence-corrected chi connectivity index (χ2v) is 8.33. The molecule has 1 heterocycles. The lowest BCUT2D eigenvalue weighted by Crippen LogP contribution is -2.14.